The van der Waals surface area contributed by atoms with Gasteiger partial charge in [0.25, 0.3) is 5.91 Å². The largest absolute Gasteiger partial charge is 0.308 e. The van der Waals surface area contributed by atoms with E-state index in [0.29, 0.717) is 11.6 Å². The molecule has 3 heteroatoms. The van der Waals surface area contributed by atoms with E-state index in [4.69, 9.17) is 11.6 Å². The number of carbonyl (C=O) groups excluding carboxylic acids is 1. The van der Waals surface area contributed by atoms with Crippen molar-refractivity contribution in [1.82, 2.24) is 0 Å². The first-order valence-corrected chi connectivity index (χ1v) is 7.37. The van der Waals surface area contributed by atoms with Crippen LogP contribution in [-0.2, 0) is 4.79 Å². The van der Waals surface area contributed by atoms with E-state index >= 15 is 0 Å². The van der Waals surface area contributed by atoms with E-state index in [1.165, 1.54) is 5.56 Å². The molecule has 1 amide bonds. The Balaban J connectivity index is 2.06. The van der Waals surface area contributed by atoms with E-state index < -0.39 is 0 Å². The lowest BCUT2D eigenvalue weighted by molar-refractivity contribution is -0.114. The van der Waals surface area contributed by atoms with Crippen LogP contribution in [0.3, 0.4) is 0 Å². The molecule has 0 saturated carbocycles. The van der Waals surface area contributed by atoms with E-state index in [-0.39, 0.29) is 11.8 Å². The molecular formula is C18H16ClNO. The molecule has 0 N–H and O–H groups in total. The number of amides is 1. The summed E-state index contributed by atoms with van der Waals surface area (Å²) in [6.07, 6.45) is 3.37. The third-order valence-electron chi connectivity index (χ3n) is 3.80. The van der Waals surface area contributed by atoms with E-state index in [0.717, 1.165) is 11.3 Å². The fraction of sp³-hybridized carbons (Fsp3) is 0.167. The maximum Gasteiger partial charge on any atom is 0.250 e. The molecule has 3 rings (SSSR count). The highest BCUT2D eigenvalue weighted by Crippen LogP contribution is 2.41. The Labute approximate surface area is 129 Å². The highest BCUT2D eigenvalue weighted by atomic mass is 35.5. The van der Waals surface area contributed by atoms with Crippen LogP contribution in [0.4, 0.5) is 5.69 Å². The van der Waals surface area contributed by atoms with Crippen LogP contribution >= 0.6 is 11.6 Å². The van der Waals surface area contributed by atoms with Gasteiger partial charge >= 0.3 is 0 Å². The van der Waals surface area contributed by atoms with Gasteiger partial charge in [-0.25, -0.2) is 0 Å². The second-order valence-electron chi connectivity index (χ2n) is 5.12. The maximum absolute atomic E-state index is 12.3. The Bertz CT molecular complexity index is 694. The van der Waals surface area contributed by atoms with Crippen LogP contribution < -0.4 is 4.90 Å². The van der Waals surface area contributed by atoms with Gasteiger partial charge in [0.15, 0.2) is 0 Å². The van der Waals surface area contributed by atoms with E-state index in [1.807, 2.05) is 48.2 Å². The lowest BCUT2D eigenvalue weighted by Crippen LogP contribution is -2.28. The van der Waals surface area contributed by atoms with Crippen molar-refractivity contribution in [2.75, 3.05) is 11.4 Å². The molecule has 1 heterocycles. The summed E-state index contributed by atoms with van der Waals surface area (Å²) >= 11 is 6.15. The molecule has 1 atom stereocenters. The summed E-state index contributed by atoms with van der Waals surface area (Å²) in [4.78, 5) is 14.1. The fourth-order valence-electron chi connectivity index (χ4n) is 2.84. The molecule has 0 aromatic heterocycles. The van der Waals surface area contributed by atoms with Crippen molar-refractivity contribution in [2.45, 2.75) is 12.8 Å². The normalized spacial score (nSPS) is 17.2. The average Bonchev–Trinajstić information content (AvgIpc) is 2.87. The first-order valence-electron chi connectivity index (χ1n) is 6.99. The number of allylic oxidation sites excluding steroid dienone is 1. The molecule has 2 aromatic carbocycles. The summed E-state index contributed by atoms with van der Waals surface area (Å²) in [5, 5.41) is 0.704. The van der Waals surface area contributed by atoms with Crippen LogP contribution in [0.25, 0.3) is 0 Å². The number of hydrogen-bond donors (Lipinski definition) is 0. The minimum Gasteiger partial charge on any atom is -0.308 e. The summed E-state index contributed by atoms with van der Waals surface area (Å²) in [5.41, 5.74) is 3.28. The Morgan fingerprint density at radius 3 is 2.71 bits per heavy atom. The van der Waals surface area contributed by atoms with Gasteiger partial charge in [-0.15, -0.1) is 0 Å². The van der Waals surface area contributed by atoms with Crippen LogP contribution in [-0.4, -0.2) is 12.5 Å². The molecule has 1 aliphatic rings. The summed E-state index contributed by atoms with van der Waals surface area (Å²) in [5.74, 6) is 0.189. The second kappa shape index (κ2) is 5.74. The molecule has 0 fully saturated rings. The summed E-state index contributed by atoms with van der Waals surface area (Å²) in [6.45, 7) is 2.51. The van der Waals surface area contributed by atoms with Crippen molar-refractivity contribution in [2.24, 2.45) is 0 Å². The number of rotatable bonds is 2. The molecule has 0 saturated heterocycles. The van der Waals surface area contributed by atoms with Gasteiger partial charge in [0, 0.05) is 23.2 Å². The number of halogens is 1. The predicted molar refractivity (Wildman–Crippen MR) is 86.9 cm³/mol. The maximum atomic E-state index is 12.3. The first kappa shape index (κ1) is 13.9. The van der Waals surface area contributed by atoms with Crippen molar-refractivity contribution in [3.05, 3.63) is 76.8 Å². The van der Waals surface area contributed by atoms with E-state index in [1.54, 1.807) is 12.2 Å². The zero-order valence-electron chi connectivity index (χ0n) is 11.8. The monoisotopic (exact) mass is 297 g/mol. The fourth-order valence-corrected chi connectivity index (χ4v) is 3.02. The van der Waals surface area contributed by atoms with Crippen molar-refractivity contribution in [3.8, 4) is 0 Å². The molecule has 2 nitrogen and oxygen atoms in total. The minimum atomic E-state index is 0.0134. The number of fused-ring (bicyclic) bond motifs is 1. The standard InChI is InChI=1S/C18H16ClNO/c1-2-6-18(21)20-12-16(13-7-4-3-5-8-13)15-11-14(19)9-10-17(15)20/h2-11,16H,12H2,1H3/b6-2+. The number of carbonyl (C=O) groups is 1. The van der Waals surface area contributed by atoms with Crippen LogP contribution in [0.5, 0.6) is 0 Å². The van der Waals surface area contributed by atoms with Crippen molar-refractivity contribution in [3.63, 3.8) is 0 Å². The minimum absolute atomic E-state index is 0.0134. The molecule has 0 radical (unpaired) electrons. The molecule has 1 aliphatic heterocycles. The quantitative estimate of drug-likeness (QED) is 0.753. The smallest absolute Gasteiger partial charge is 0.250 e. The molecule has 1 unspecified atom stereocenters. The number of nitrogens with zero attached hydrogens (tertiary/aromatic N) is 1. The Morgan fingerprint density at radius 2 is 2.00 bits per heavy atom. The molecule has 106 valence electrons. The lowest BCUT2D eigenvalue weighted by atomic mass is 9.93. The van der Waals surface area contributed by atoms with Gasteiger partial charge in [-0.2, -0.15) is 0 Å². The van der Waals surface area contributed by atoms with Crippen LogP contribution in [0.2, 0.25) is 5.02 Å². The molecule has 0 aliphatic carbocycles. The van der Waals surface area contributed by atoms with E-state index in [9.17, 15) is 4.79 Å². The third-order valence-corrected chi connectivity index (χ3v) is 4.03. The van der Waals surface area contributed by atoms with Gasteiger partial charge in [0.05, 0.1) is 0 Å². The van der Waals surface area contributed by atoms with Gasteiger partial charge in [-0.05, 0) is 42.3 Å². The highest BCUT2D eigenvalue weighted by Gasteiger charge is 2.32. The Kier molecular flexibility index (Phi) is 3.80. The molecule has 0 bridgehead atoms. The molecular weight excluding hydrogens is 282 g/mol. The second-order valence-corrected chi connectivity index (χ2v) is 5.55. The average molecular weight is 298 g/mol. The molecule has 2 aromatic rings. The zero-order valence-corrected chi connectivity index (χ0v) is 12.5. The first-order chi connectivity index (χ1) is 10.2. The number of benzene rings is 2. The van der Waals surface area contributed by atoms with Gasteiger partial charge < -0.3 is 4.90 Å². The van der Waals surface area contributed by atoms with E-state index in [2.05, 4.69) is 12.1 Å². The van der Waals surface area contributed by atoms with Crippen LogP contribution in [0.1, 0.15) is 24.0 Å². The predicted octanol–water partition coefficient (Wildman–Crippen LogP) is 4.39. The molecule has 0 spiro atoms. The van der Waals surface area contributed by atoms with Crippen LogP contribution in [0.15, 0.2) is 60.7 Å². The van der Waals surface area contributed by atoms with Crippen LogP contribution in [0, 0.1) is 0 Å². The van der Waals surface area contributed by atoms with Crippen molar-refractivity contribution in [1.29, 1.82) is 0 Å². The van der Waals surface area contributed by atoms with Gasteiger partial charge in [0.1, 0.15) is 0 Å². The zero-order chi connectivity index (χ0) is 14.8. The topological polar surface area (TPSA) is 20.3 Å². The van der Waals surface area contributed by atoms with Gasteiger partial charge in [-0.1, -0.05) is 48.0 Å². The highest BCUT2D eigenvalue weighted by molar-refractivity contribution is 6.30. The lowest BCUT2D eigenvalue weighted by Gasteiger charge is -2.15. The summed E-state index contributed by atoms with van der Waals surface area (Å²) in [6, 6.07) is 16.0. The van der Waals surface area contributed by atoms with Crippen molar-refractivity contribution < 1.29 is 4.79 Å². The Hall–Kier alpha value is -2.06. The van der Waals surface area contributed by atoms with Gasteiger partial charge in [0.2, 0.25) is 0 Å². The summed E-state index contributed by atoms with van der Waals surface area (Å²) < 4.78 is 0. The SMILES string of the molecule is C/C=C/C(=O)N1CC(c2ccccc2)c2cc(Cl)ccc21. The van der Waals surface area contributed by atoms with Crippen molar-refractivity contribution >= 4 is 23.2 Å². The van der Waals surface area contributed by atoms with Gasteiger partial charge in [-0.3, -0.25) is 4.79 Å². The molecule has 21 heavy (non-hydrogen) atoms. The summed E-state index contributed by atoms with van der Waals surface area (Å²) in [7, 11) is 0. The Morgan fingerprint density at radius 1 is 1.24 bits per heavy atom. The number of hydrogen-bond acceptors (Lipinski definition) is 1. The number of anilines is 1. The third kappa shape index (κ3) is 2.59.